The minimum atomic E-state index is -0.416. The second kappa shape index (κ2) is 5.26. The predicted molar refractivity (Wildman–Crippen MR) is 67.4 cm³/mol. The summed E-state index contributed by atoms with van der Waals surface area (Å²) in [5.74, 6) is 0.800. The summed E-state index contributed by atoms with van der Waals surface area (Å²) >= 11 is 0. The lowest BCUT2D eigenvalue weighted by Crippen LogP contribution is -2.44. The van der Waals surface area contributed by atoms with Crippen LogP contribution < -0.4 is 4.74 Å². The first-order valence-electron chi connectivity index (χ1n) is 6.08. The number of aliphatic hydroxyl groups is 1. The predicted octanol–water partition coefficient (Wildman–Crippen LogP) is 2.13. The Morgan fingerprint density at radius 1 is 1.33 bits per heavy atom. The van der Waals surface area contributed by atoms with Crippen LogP contribution >= 0.6 is 0 Å². The monoisotopic (exact) mass is 252 g/mol. The van der Waals surface area contributed by atoms with Crippen molar-refractivity contribution in [2.75, 3.05) is 20.3 Å². The maximum Gasteiger partial charge on any atom is 0.184 e. The van der Waals surface area contributed by atoms with Crippen molar-refractivity contribution < 1.29 is 19.3 Å². The average Bonchev–Trinajstić information content (AvgIpc) is 2.39. The van der Waals surface area contributed by atoms with E-state index in [1.165, 1.54) is 0 Å². The van der Waals surface area contributed by atoms with Gasteiger partial charge in [0.05, 0.1) is 26.4 Å². The summed E-state index contributed by atoms with van der Waals surface area (Å²) in [5.41, 5.74) is 0.766. The lowest BCUT2D eigenvalue weighted by molar-refractivity contribution is -0.271. The molecule has 1 aromatic rings. The van der Waals surface area contributed by atoms with E-state index < -0.39 is 6.29 Å². The first-order valence-corrected chi connectivity index (χ1v) is 6.08. The SMILES string of the molecule is COc1ccc(C2OCC(C)(C)[C@H](CO)O2)cc1. The number of rotatable bonds is 3. The summed E-state index contributed by atoms with van der Waals surface area (Å²) in [4.78, 5) is 0. The normalized spacial score (nSPS) is 26.9. The van der Waals surface area contributed by atoms with Crippen molar-refractivity contribution >= 4 is 0 Å². The Labute approximate surface area is 107 Å². The van der Waals surface area contributed by atoms with E-state index >= 15 is 0 Å². The highest BCUT2D eigenvalue weighted by molar-refractivity contribution is 5.28. The number of aliphatic hydroxyl groups excluding tert-OH is 1. The zero-order valence-corrected chi connectivity index (χ0v) is 11.1. The van der Waals surface area contributed by atoms with E-state index in [2.05, 4.69) is 0 Å². The van der Waals surface area contributed by atoms with Crippen LogP contribution in [-0.2, 0) is 9.47 Å². The molecular formula is C14H20O4. The number of hydrogen-bond donors (Lipinski definition) is 1. The van der Waals surface area contributed by atoms with E-state index in [9.17, 15) is 5.11 Å². The number of benzene rings is 1. The topological polar surface area (TPSA) is 47.9 Å². The lowest BCUT2D eigenvalue weighted by Gasteiger charge is -2.41. The number of methoxy groups -OCH3 is 1. The van der Waals surface area contributed by atoms with Gasteiger partial charge in [-0.2, -0.15) is 0 Å². The third-order valence-corrected chi connectivity index (χ3v) is 3.32. The second-order valence-corrected chi connectivity index (χ2v) is 5.21. The molecule has 0 bridgehead atoms. The molecule has 2 rings (SSSR count). The molecule has 2 atom stereocenters. The van der Waals surface area contributed by atoms with Gasteiger partial charge in [0.25, 0.3) is 0 Å². The molecule has 100 valence electrons. The Hall–Kier alpha value is -1.10. The summed E-state index contributed by atoms with van der Waals surface area (Å²) in [6, 6.07) is 7.57. The van der Waals surface area contributed by atoms with E-state index in [1.807, 2.05) is 38.1 Å². The van der Waals surface area contributed by atoms with Crippen LogP contribution in [-0.4, -0.2) is 31.5 Å². The van der Waals surface area contributed by atoms with Crippen molar-refractivity contribution in [3.05, 3.63) is 29.8 Å². The first-order chi connectivity index (χ1) is 8.56. The molecule has 4 heteroatoms. The zero-order chi connectivity index (χ0) is 13.2. The fraction of sp³-hybridized carbons (Fsp3) is 0.571. The van der Waals surface area contributed by atoms with Gasteiger partial charge < -0.3 is 19.3 Å². The van der Waals surface area contributed by atoms with Gasteiger partial charge in [-0.3, -0.25) is 0 Å². The maximum absolute atomic E-state index is 9.37. The fourth-order valence-corrected chi connectivity index (χ4v) is 1.98. The van der Waals surface area contributed by atoms with E-state index in [0.29, 0.717) is 6.61 Å². The van der Waals surface area contributed by atoms with Gasteiger partial charge in [-0.1, -0.05) is 26.0 Å². The van der Waals surface area contributed by atoms with Crippen LogP contribution in [0.1, 0.15) is 25.7 Å². The van der Waals surface area contributed by atoms with Crippen molar-refractivity contribution in [1.29, 1.82) is 0 Å². The molecule has 0 spiro atoms. The highest BCUT2D eigenvalue weighted by atomic mass is 16.7. The van der Waals surface area contributed by atoms with Gasteiger partial charge in [0.15, 0.2) is 6.29 Å². The Morgan fingerprint density at radius 2 is 2.00 bits per heavy atom. The maximum atomic E-state index is 9.37. The molecule has 1 fully saturated rings. The molecule has 1 aliphatic rings. The van der Waals surface area contributed by atoms with E-state index in [4.69, 9.17) is 14.2 Å². The molecule has 0 saturated carbocycles. The molecular weight excluding hydrogens is 232 g/mol. The van der Waals surface area contributed by atoms with Crippen LogP contribution in [0.4, 0.5) is 0 Å². The summed E-state index contributed by atoms with van der Waals surface area (Å²) in [6.45, 7) is 4.62. The molecule has 0 aromatic heterocycles. The fourth-order valence-electron chi connectivity index (χ4n) is 1.98. The summed E-state index contributed by atoms with van der Waals surface area (Å²) in [5, 5.41) is 9.37. The van der Waals surface area contributed by atoms with Crippen LogP contribution in [0.3, 0.4) is 0 Å². The minimum Gasteiger partial charge on any atom is -0.497 e. The highest BCUT2D eigenvalue weighted by Crippen LogP contribution is 2.36. The van der Waals surface area contributed by atoms with Gasteiger partial charge in [-0.15, -0.1) is 0 Å². The lowest BCUT2D eigenvalue weighted by atomic mass is 9.87. The van der Waals surface area contributed by atoms with Gasteiger partial charge in [0.1, 0.15) is 5.75 Å². The third-order valence-electron chi connectivity index (χ3n) is 3.32. The summed E-state index contributed by atoms with van der Waals surface area (Å²) < 4.78 is 16.6. The van der Waals surface area contributed by atoms with Crippen LogP contribution in [0, 0.1) is 5.41 Å². The third kappa shape index (κ3) is 2.66. The second-order valence-electron chi connectivity index (χ2n) is 5.21. The quantitative estimate of drug-likeness (QED) is 0.895. The first kappa shape index (κ1) is 13.3. The van der Waals surface area contributed by atoms with Crippen molar-refractivity contribution in [3.63, 3.8) is 0 Å². The highest BCUT2D eigenvalue weighted by Gasteiger charge is 2.38. The molecule has 1 heterocycles. The van der Waals surface area contributed by atoms with Crippen LogP contribution in [0.5, 0.6) is 5.75 Å². The summed E-state index contributed by atoms with van der Waals surface area (Å²) in [7, 11) is 1.63. The molecule has 4 nitrogen and oxygen atoms in total. The molecule has 1 aromatic carbocycles. The molecule has 1 aliphatic heterocycles. The summed E-state index contributed by atoms with van der Waals surface area (Å²) in [6.07, 6.45) is -0.626. The van der Waals surface area contributed by atoms with Crippen molar-refractivity contribution in [3.8, 4) is 5.75 Å². The zero-order valence-electron chi connectivity index (χ0n) is 11.1. The Bertz CT molecular complexity index is 385. The van der Waals surface area contributed by atoms with Crippen molar-refractivity contribution in [2.24, 2.45) is 5.41 Å². The molecule has 0 radical (unpaired) electrons. The van der Waals surface area contributed by atoms with E-state index in [0.717, 1.165) is 11.3 Å². The van der Waals surface area contributed by atoms with Gasteiger partial charge in [-0.25, -0.2) is 0 Å². The molecule has 0 amide bonds. The molecule has 1 saturated heterocycles. The van der Waals surface area contributed by atoms with E-state index in [-0.39, 0.29) is 18.1 Å². The molecule has 18 heavy (non-hydrogen) atoms. The standard InChI is InChI=1S/C14H20O4/c1-14(2)9-17-13(18-12(14)8-15)10-4-6-11(16-3)7-5-10/h4-7,12-13,15H,8-9H2,1-3H3/t12-,13?/m0/s1. The van der Waals surface area contributed by atoms with Gasteiger partial charge in [0.2, 0.25) is 0 Å². The molecule has 1 unspecified atom stereocenters. The van der Waals surface area contributed by atoms with Crippen LogP contribution in [0.2, 0.25) is 0 Å². The van der Waals surface area contributed by atoms with Gasteiger partial charge in [-0.05, 0) is 12.1 Å². The minimum absolute atomic E-state index is 0.00299. The smallest absolute Gasteiger partial charge is 0.184 e. The Kier molecular flexibility index (Phi) is 3.90. The molecule has 0 aliphatic carbocycles. The van der Waals surface area contributed by atoms with Crippen molar-refractivity contribution in [1.82, 2.24) is 0 Å². The number of ether oxygens (including phenoxy) is 3. The van der Waals surface area contributed by atoms with Crippen LogP contribution in [0.25, 0.3) is 0 Å². The number of hydrogen-bond acceptors (Lipinski definition) is 4. The largest absolute Gasteiger partial charge is 0.497 e. The molecule has 1 N–H and O–H groups in total. The van der Waals surface area contributed by atoms with Crippen LogP contribution in [0.15, 0.2) is 24.3 Å². The Morgan fingerprint density at radius 3 is 2.56 bits per heavy atom. The van der Waals surface area contributed by atoms with Gasteiger partial charge >= 0.3 is 0 Å². The van der Waals surface area contributed by atoms with Crippen molar-refractivity contribution in [2.45, 2.75) is 26.2 Å². The van der Waals surface area contributed by atoms with E-state index in [1.54, 1.807) is 7.11 Å². The average molecular weight is 252 g/mol. The Balaban J connectivity index is 2.10. The van der Waals surface area contributed by atoms with Gasteiger partial charge in [0, 0.05) is 11.0 Å².